The molecule has 2 rings (SSSR count). The summed E-state index contributed by atoms with van der Waals surface area (Å²) in [5.41, 5.74) is -0.521. The van der Waals surface area contributed by atoms with Crippen molar-refractivity contribution in [3.8, 4) is 0 Å². The van der Waals surface area contributed by atoms with Crippen molar-refractivity contribution in [3.63, 3.8) is 0 Å². The zero-order valence-corrected chi connectivity index (χ0v) is 14.6. The summed E-state index contributed by atoms with van der Waals surface area (Å²) < 4.78 is 10.9. The van der Waals surface area contributed by atoms with Gasteiger partial charge in [-0.1, -0.05) is 0 Å². The molecule has 1 aromatic rings. The van der Waals surface area contributed by atoms with Crippen molar-refractivity contribution in [2.75, 3.05) is 20.1 Å². The Kier molecular flexibility index (Phi) is 5.02. The molecular formula is C17H26N2O4. The van der Waals surface area contributed by atoms with Crippen molar-refractivity contribution in [2.24, 2.45) is 5.92 Å². The van der Waals surface area contributed by atoms with Gasteiger partial charge in [0.15, 0.2) is 0 Å². The summed E-state index contributed by atoms with van der Waals surface area (Å²) in [6, 6.07) is 3.76. The molecule has 23 heavy (non-hydrogen) atoms. The average molecular weight is 322 g/mol. The number of nitrogens with zero attached hydrogens (tertiary/aromatic N) is 2. The largest absolute Gasteiger partial charge is 0.464 e. The molecule has 0 unspecified atom stereocenters. The van der Waals surface area contributed by atoms with Crippen LogP contribution in [0.5, 0.6) is 0 Å². The van der Waals surface area contributed by atoms with E-state index in [2.05, 4.69) is 0 Å². The van der Waals surface area contributed by atoms with E-state index in [0.29, 0.717) is 26.1 Å². The second kappa shape index (κ2) is 6.64. The minimum Gasteiger partial charge on any atom is -0.464 e. The Bertz CT molecular complexity index is 573. The average Bonchev–Trinajstić information content (AvgIpc) is 3.05. The predicted octanol–water partition coefficient (Wildman–Crippen LogP) is 2.80. The lowest BCUT2D eigenvalue weighted by Crippen LogP contribution is -2.38. The number of aryl methyl sites for hydroxylation is 1. The number of carbonyl (C=O) groups is 2. The summed E-state index contributed by atoms with van der Waals surface area (Å²) in [7, 11) is 1.76. The molecule has 1 aromatic heterocycles. The van der Waals surface area contributed by atoms with Gasteiger partial charge in [-0.05, 0) is 46.2 Å². The summed E-state index contributed by atoms with van der Waals surface area (Å²) in [5.74, 6) is 1.45. The standard InChI is InChI=1S/C17H26N2O4/c1-12-6-7-14(22-12)11-18(5)15(20)13-8-9-19(10-13)16(21)23-17(2,3)4/h6-7,13H,8-11H2,1-5H3/t13-/m1/s1. The van der Waals surface area contributed by atoms with Gasteiger partial charge in [0, 0.05) is 20.1 Å². The molecular weight excluding hydrogens is 296 g/mol. The van der Waals surface area contributed by atoms with Crippen molar-refractivity contribution in [3.05, 3.63) is 23.7 Å². The van der Waals surface area contributed by atoms with E-state index in [-0.39, 0.29) is 17.9 Å². The molecule has 1 aliphatic heterocycles. The van der Waals surface area contributed by atoms with Crippen LogP contribution in [-0.2, 0) is 16.1 Å². The molecule has 1 saturated heterocycles. The van der Waals surface area contributed by atoms with Crippen molar-refractivity contribution in [1.82, 2.24) is 9.80 Å². The van der Waals surface area contributed by atoms with E-state index in [0.717, 1.165) is 11.5 Å². The zero-order valence-electron chi connectivity index (χ0n) is 14.6. The number of carbonyl (C=O) groups excluding carboxylic acids is 2. The summed E-state index contributed by atoms with van der Waals surface area (Å²) in [5, 5.41) is 0. The first kappa shape index (κ1) is 17.4. The van der Waals surface area contributed by atoms with E-state index in [1.54, 1.807) is 16.8 Å². The topological polar surface area (TPSA) is 63.0 Å². The molecule has 0 N–H and O–H groups in total. The number of hydrogen-bond donors (Lipinski definition) is 0. The Morgan fingerprint density at radius 2 is 2.09 bits per heavy atom. The Balaban J connectivity index is 1.88. The first-order valence-corrected chi connectivity index (χ1v) is 7.94. The van der Waals surface area contributed by atoms with E-state index in [4.69, 9.17) is 9.15 Å². The van der Waals surface area contributed by atoms with E-state index in [9.17, 15) is 9.59 Å². The van der Waals surface area contributed by atoms with Crippen LogP contribution in [0.1, 0.15) is 38.7 Å². The van der Waals surface area contributed by atoms with Gasteiger partial charge in [-0.15, -0.1) is 0 Å². The van der Waals surface area contributed by atoms with Crippen LogP contribution in [0.15, 0.2) is 16.5 Å². The van der Waals surface area contributed by atoms with Crippen LogP contribution in [0.3, 0.4) is 0 Å². The van der Waals surface area contributed by atoms with Gasteiger partial charge in [0.1, 0.15) is 17.1 Å². The number of ether oxygens (including phenoxy) is 1. The smallest absolute Gasteiger partial charge is 0.410 e. The molecule has 0 saturated carbocycles. The minimum absolute atomic E-state index is 0.0325. The highest BCUT2D eigenvalue weighted by atomic mass is 16.6. The molecule has 128 valence electrons. The molecule has 0 bridgehead atoms. The van der Waals surface area contributed by atoms with Gasteiger partial charge in [0.2, 0.25) is 5.91 Å². The van der Waals surface area contributed by atoms with Crippen LogP contribution in [0.4, 0.5) is 4.79 Å². The van der Waals surface area contributed by atoms with Crippen LogP contribution in [0.2, 0.25) is 0 Å². The summed E-state index contributed by atoms with van der Waals surface area (Å²) in [4.78, 5) is 27.8. The maximum atomic E-state index is 12.5. The third-order valence-electron chi connectivity index (χ3n) is 3.75. The first-order chi connectivity index (χ1) is 10.7. The number of furan rings is 1. The highest BCUT2D eigenvalue weighted by Gasteiger charge is 2.34. The van der Waals surface area contributed by atoms with Gasteiger partial charge in [-0.3, -0.25) is 4.79 Å². The predicted molar refractivity (Wildman–Crippen MR) is 85.8 cm³/mol. The normalized spacial score (nSPS) is 18.1. The van der Waals surface area contributed by atoms with Crippen LogP contribution in [-0.4, -0.2) is 47.5 Å². The molecule has 0 aliphatic carbocycles. The maximum absolute atomic E-state index is 12.5. The van der Waals surface area contributed by atoms with Crippen molar-refractivity contribution >= 4 is 12.0 Å². The van der Waals surface area contributed by atoms with Crippen molar-refractivity contribution in [2.45, 2.75) is 46.3 Å². The SMILES string of the molecule is Cc1ccc(CN(C)C(=O)[C@@H]2CCN(C(=O)OC(C)(C)C)C2)o1. The molecule has 1 fully saturated rings. The Morgan fingerprint density at radius 1 is 1.39 bits per heavy atom. The molecule has 6 nitrogen and oxygen atoms in total. The van der Waals surface area contributed by atoms with E-state index >= 15 is 0 Å². The molecule has 0 radical (unpaired) electrons. The quantitative estimate of drug-likeness (QED) is 0.858. The molecule has 0 spiro atoms. The third kappa shape index (κ3) is 4.74. The summed E-state index contributed by atoms with van der Waals surface area (Å²) in [6.07, 6.45) is 0.316. The lowest BCUT2D eigenvalue weighted by Gasteiger charge is -2.25. The monoisotopic (exact) mass is 322 g/mol. The highest BCUT2D eigenvalue weighted by Crippen LogP contribution is 2.22. The molecule has 6 heteroatoms. The Hall–Kier alpha value is -1.98. The van der Waals surface area contributed by atoms with Crippen LogP contribution < -0.4 is 0 Å². The van der Waals surface area contributed by atoms with E-state index < -0.39 is 5.60 Å². The van der Waals surface area contributed by atoms with Gasteiger partial charge < -0.3 is 19.0 Å². The number of rotatable bonds is 3. The van der Waals surface area contributed by atoms with Gasteiger partial charge in [-0.2, -0.15) is 0 Å². The Morgan fingerprint density at radius 3 is 2.65 bits per heavy atom. The van der Waals surface area contributed by atoms with Crippen LogP contribution >= 0.6 is 0 Å². The second-order valence-electron chi connectivity index (χ2n) is 7.12. The van der Waals surface area contributed by atoms with Crippen molar-refractivity contribution < 1.29 is 18.7 Å². The zero-order chi connectivity index (χ0) is 17.2. The summed E-state index contributed by atoms with van der Waals surface area (Å²) >= 11 is 0. The maximum Gasteiger partial charge on any atom is 0.410 e. The number of likely N-dealkylation sites (tertiary alicyclic amines) is 1. The van der Waals surface area contributed by atoms with E-state index in [1.807, 2.05) is 39.8 Å². The fourth-order valence-corrected chi connectivity index (χ4v) is 2.65. The van der Waals surface area contributed by atoms with Gasteiger partial charge in [-0.25, -0.2) is 4.79 Å². The minimum atomic E-state index is -0.521. The van der Waals surface area contributed by atoms with Gasteiger partial charge >= 0.3 is 6.09 Å². The van der Waals surface area contributed by atoms with E-state index in [1.165, 1.54) is 0 Å². The van der Waals surface area contributed by atoms with Crippen LogP contribution in [0.25, 0.3) is 0 Å². The van der Waals surface area contributed by atoms with Crippen LogP contribution in [0, 0.1) is 12.8 Å². The Labute approximate surface area is 137 Å². The molecule has 1 atom stereocenters. The molecule has 1 aliphatic rings. The number of hydrogen-bond acceptors (Lipinski definition) is 4. The number of amides is 2. The fraction of sp³-hybridized carbons (Fsp3) is 0.647. The molecule has 2 amide bonds. The third-order valence-corrected chi connectivity index (χ3v) is 3.75. The molecule has 0 aromatic carbocycles. The lowest BCUT2D eigenvalue weighted by molar-refractivity contribution is -0.134. The van der Waals surface area contributed by atoms with Gasteiger partial charge in [0.05, 0.1) is 12.5 Å². The second-order valence-corrected chi connectivity index (χ2v) is 7.12. The highest BCUT2D eigenvalue weighted by molar-refractivity contribution is 5.80. The molecule has 2 heterocycles. The lowest BCUT2D eigenvalue weighted by atomic mass is 10.1. The van der Waals surface area contributed by atoms with Gasteiger partial charge in [0.25, 0.3) is 0 Å². The fourth-order valence-electron chi connectivity index (χ4n) is 2.65. The summed E-state index contributed by atoms with van der Waals surface area (Å²) in [6.45, 7) is 8.79. The van der Waals surface area contributed by atoms with Crippen molar-refractivity contribution in [1.29, 1.82) is 0 Å². The first-order valence-electron chi connectivity index (χ1n) is 7.94.